The van der Waals surface area contributed by atoms with Crippen LogP contribution >= 0.6 is 0 Å². The number of piperazine rings is 1. The number of imidazole rings is 1. The van der Waals surface area contributed by atoms with Gasteiger partial charge in [-0.3, -0.25) is 9.69 Å². The second-order valence-corrected chi connectivity index (χ2v) is 8.60. The second kappa shape index (κ2) is 10.8. The van der Waals surface area contributed by atoms with E-state index < -0.39 is 6.17 Å². The Balaban J connectivity index is 1.42. The largest absolute Gasteiger partial charge is 0.496 e. The monoisotopic (exact) mass is 452 g/mol. The lowest BCUT2D eigenvalue weighted by Crippen LogP contribution is -2.48. The zero-order chi connectivity index (χ0) is 23.2. The Kier molecular flexibility index (Phi) is 7.60. The molecule has 0 bridgehead atoms. The molecule has 6 nitrogen and oxygen atoms in total. The molecule has 1 aliphatic heterocycles. The second-order valence-electron chi connectivity index (χ2n) is 8.60. The van der Waals surface area contributed by atoms with Gasteiger partial charge in [0.15, 0.2) is 0 Å². The van der Waals surface area contributed by atoms with Crippen molar-refractivity contribution in [1.82, 2.24) is 19.2 Å². The van der Waals surface area contributed by atoms with Gasteiger partial charge < -0.3 is 14.0 Å². The first-order chi connectivity index (χ1) is 16.1. The third-order valence-corrected chi connectivity index (χ3v) is 6.46. The van der Waals surface area contributed by atoms with Crippen molar-refractivity contribution in [3.8, 4) is 5.75 Å². The number of hydrogen-bond acceptors (Lipinski definition) is 4. The van der Waals surface area contributed by atoms with E-state index in [4.69, 9.17) is 9.72 Å². The van der Waals surface area contributed by atoms with Gasteiger partial charge in [-0.1, -0.05) is 25.1 Å². The van der Waals surface area contributed by atoms with E-state index in [9.17, 15) is 9.18 Å². The average molecular weight is 453 g/mol. The Labute approximate surface area is 195 Å². The van der Waals surface area contributed by atoms with Crippen LogP contribution in [0.15, 0.2) is 48.7 Å². The molecule has 0 radical (unpaired) electrons. The van der Waals surface area contributed by atoms with Gasteiger partial charge in [-0.25, -0.2) is 9.37 Å². The Hall–Kier alpha value is -2.93. The summed E-state index contributed by atoms with van der Waals surface area (Å²) in [5.41, 5.74) is 3.76. The van der Waals surface area contributed by atoms with E-state index in [0.717, 1.165) is 43.8 Å². The highest BCUT2D eigenvalue weighted by atomic mass is 19.1. The maximum Gasteiger partial charge on any atom is 0.257 e. The molecule has 0 spiro atoms. The number of benzene rings is 1. The van der Waals surface area contributed by atoms with E-state index in [1.807, 2.05) is 60.5 Å². The van der Waals surface area contributed by atoms with E-state index in [1.165, 1.54) is 5.69 Å². The van der Waals surface area contributed by atoms with Crippen LogP contribution in [0.2, 0.25) is 0 Å². The molecule has 33 heavy (non-hydrogen) atoms. The first-order valence-electron chi connectivity index (χ1n) is 11.8. The summed E-state index contributed by atoms with van der Waals surface area (Å²) in [5, 5.41) is 0. The summed E-state index contributed by atoms with van der Waals surface area (Å²) >= 11 is 0. The van der Waals surface area contributed by atoms with Gasteiger partial charge in [0.05, 0.1) is 30.2 Å². The number of amides is 1. The lowest BCUT2D eigenvalue weighted by Gasteiger charge is -2.35. The van der Waals surface area contributed by atoms with E-state index >= 15 is 0 Å². The molecule has 1 saturated heterocycles. The number of nitrogens with zero attached hydrogens (tertiary/aromatic N) is 4. The number of carbonyl (C=O) groups is 1. The fourth-order valence-electron chi connectivity index (χ4n) is 4.47. The quantitative estimate of drug-likeness (QED) is 0.484. The van der Waals surface area contributed by atoms with E-state index in [0.29, 0.717) is 37.2 Å². The first-order valence-corrected chi connectivity index (χ1v) is 11.8. The summed E-state index contributed by atoms with van der Waals surface area (Å²) in [6, 6.07) is 13.4. The molecule has 3 aromatic rings. The third-order valence-electron chi connectivity index (χ3n) is 6.46. The normalized spacial score (nSPS) is 15.7. The number of methoxy groups -OCH3 is 1. The van der Waals surface area contributed by atoms with Crippen LogP contribution in [0.3, 0.4) is 0 Å². The Bertz CT molecular complexity index is 1080. The summed E-state index contributed by atoms with van der Waals surface area (Å²) < 4.78 is 21.2. The number of hydrogen-bond donors (Lipinski definition) is 0. The van der Waals surface area contributed by atoms with E-state index in [-0.39, 0.29) is 5.91 Å². The number of para-hydroxylation sites is 1. The number of alkyl halides is 1. The molecule has 1 atom stereocenters. The van der Waals surface area contributed by atoms with Crippen molar-refractivity contribution in [1.29, 1.82) is 0 Å². The van der Waals surface area contributed by atoms with Crippen molar-refractivity contribution in [2.45, 2.75) is 45.3 Å². The Morgan fingerprint density at radius 3 is 2.64 bits per heavy atom. The highest BCUT2D eigenvalue weighted by Gasteiger charge is 2.25. The van der Waals surface area contributed by atoms with Crippen molar-refractivity contribution in [2.24, 2.45) is 0 Å². The summed E-state index contributed by atoms with van der Waals surface area (Å²) in [7, 11) is 1.59. The standard InChI is InChI=1S/C26H33FN4O2/c1-3-20(27)9-8-11-22-23(31-14-7-6-13-25(31)28-22)19-29-15-17-30(18-16-29)26(32)21-10-4-5-12-24(21)33-2/h4-7,10,12-14,20H,3,8-9,11,15-19H2,1-2H3. The molecule has 1 fully saturated rings. The fraction of sp³-hybridized carbons (Fsp3) is 0.462. The predicted molar refractivity (Wildman–Crippen MR) is 127 cm³/mol. The lowest BCUT2D eigenvalue weighted by molar-refractivity contribution is 0.0623. The fourth-order valence-corrected chi connectivity index (χ4v) is 4.47. The number of ether oxygens (including phenoxy) is 1. The topological polar surface area (TPSA) is 50.1 Å². The number of carbonyl (C=O) groups excluding carboxylic acids is 1. The van der Waals surface area contributed by atoms with Crippen molar-refractivity contribution in [3.63, 3.8) is 0 Å². The molecule has 0 N–H and O–H groups in total. The molecule has 7 heteroatoms. The summed E-state index contributed by atoms with van der Waals surface area (Å²) in [6.07, 6.45) is 4.03. The average Bonchev–Trinajstić information content (AvgIpc) is 3.21. The maximum absolute atomic E-state index is 13.7. The van der Waals surface area contributed by atoms with Crippen LogP contribution in [0.5, 0.6) is 5.75 Å². The number of fused-ring (bicyclic) bond motifs is 1. The molecular weight excluding hydrogens is 419 g/mol. The van der Waals surface area contributed by atoms with Crippen LogP contribution in [0.25, 0.3) is 5.65 Å². The van der Waals surface area contributed by atoms with Crippen LogP contribution in [0.4, 0.5) is 4.39 Å². The van der Waals surface area contributed by atoms with Gasteiger partial charge in [-0.2, -0.15) is 0 Å². The molecule has 2 aromatic heterocycles. The van der Waals surface area contributed by atoms with Crippen LogP contribution < -0.4 is 4.74 Å². The minimum atomic E-state index is -0.737. The van der Waals surface area contributed by atoms with Crippen LogP contribution in [-0.4, -0.2) is 64.6 Å². The molecule has 0 aliphatic carbocycles. The number of aromatic nitrogens is 2. The molecule has 0 saturated carbocycles. The molecular formula is C26H33FN4O2. The van der Waals surface area contributed by atoms with Crippen LogP contribution in [-0.2, 0) is 13.0 Å². The summed E-state index contributed by atoms with van der Waals surface area (Å²) in [6.45, 7) is 5.58. The number of rotatable bonds is 9. The van der Waals surface area contributed by atoms with E-state index in [1.54, 1.807) is 7.11 Å². The van der Waals surface area contributed by atoms with Gasteiger partial charge in [-0.05, 0) is 49.9 Å². The number of pyridine rings is 1. The van der Waals surface area contributed by atoms with Gasteiger partial charge in [0, 0.05) is 38.9 Å². The third kappa shape index (κ3) is 5.36. The smallest absolute Gasteiger partial charge is 0.257 e. The molecule has 4 rings (SSSR count). The van der Waals surface area contributed by atoms with Crippen molar-refractivity contribution in [3.05, 3.63) is 65.6 Å². The lowest BCUT2D eigenvalue weighted by atomic mass is 10.1. The first kappa shape index (κ1) is 23.2. The Morgan fingerprint density at radius 2 is 1.88 bits per heavy atom. The van der Waals surface area contributed by atoms with Gasteiger partial charge in [-0.15, -0.1) is 0 Å². The molecule has 3 heterocycles. The highest BCUT2D eigenvalue weighted by Crippen LogP contribution is 2.22. The maximum atomic E-state index is 13.7. The van der Waals surface area contributed by atoms with Gasteiger partial charge in [0.25, 0.3) is 5.91 Å². The summed E-state index contributed by atoms with van der Waals surface area (Å²) in [4.78, 5) is 22.1. The summed E-state index contributed by atoms with van der Waals surface area (Å²) in [5.74, 6) is 0.623. The van der Waals surface area contributed by atoms with Crippen LogP contribution in [0.1, 0.15) is 47.9 Å². The predicted octanol–water partition coefficient (Wildman–Crippen LogP) is 4.37. The van der Waals surface area contributed by atoms with Crippen LogP contribution in [0, 0.1) is 0 Å². The van der Waals surface area contributed by atoms with E-state index in [2.05, 4.69) is 9.30 Å². The molecule has 1 aromatic carbocycles. The minimum Gasteiger partial charge on any atom is -0.496 e. The molecule has 1 aliphatic rings. The SMILES string of the molecule is CCC(F)CCCc1nc2ccccn2c1CN1CCN(C(=O)c2ccccc2OC)CC1. The van der Waals surface area contributed by atoms with Crippen molar-refractivity contribution in [2.75, 3.05) is 33.3 Å². The minimum absolute atomic E-state index is 0.0132. The van der Waals surface area contributed by atoms with Crippen molar-refractivity contribution >= 4 is 11.6 Å². The zero-order valence-corrected chi connectivity index (χ0v) is 19.5. The molecule has 1 amide bonds. The molecule has 176 valence electrons. The highest BCUT2D eigenvalue weighted by molar-refractivity contribution is 5.97. The number of aryl methyl sites for hydroxylation is 1. The molecule has 1 unspecified atom stereocenters. The Morgan fingerprint density at radius 1 is 1.12 bits per heavy atom. The van der Waals surface area contributed by atoms with Crippen molar-refractivity contribution < 1.29 is 13.9 Å². The van der Waals surface area contributed by atoms with Gasteiger partial charge in [0.2, 0.25) is 0 Å². The zero-order valence-electron chi connectivity index (χ0n) is 19.5. The van der Waals surface area contributed by atoms with Gasteiger partial charge >= 0.3 is 0 Å². The van der Waals surface area contributed by atoms with Gasteiger partial charge in [0.1, 0.15) is 11.4 Å². The number of halogens is 1.